The molecule has 0 unspecified atom stereocenters. The first-order valence-electron chi connectivity index (χ1n) is 8.06. The molecule has 0 spiro atoms. The van der Waals surface area contributed by atoms with Gasteiger partial charge in [0.05, 0.1) is 16.9 Å². The smallest absolute Gasteiger partial charge is 0.199 e. The summed E-state index contributed by atoms with van der Waals surface area (Å²) in [6.07, 6.45) is 6.44. The van der Waals surface area contributed by atoms with Crippen molar-refractivity contribution in [3.63, 3.8) is 0 Å². The fraction of sp³-hybridized carbons (Fsp3) is 0.667. The summed E-state index contributed by atoms with van der Waals surface area (Å²) in [7, 11) is 0. The van der Waals surface area contributed by atoms with E-state index in [1.54, 1.807) is 6.26 Å². The van der Waals surface area contributed by atoms with Crippen LogP contribution < -0.4 is 0 Å². The standard InChI is InChI=1S/C10H16N2.C8H13NO/c1-10(2,3)12-7-6-9(11-12)8-4-5-8;1-6-5-10-7(9-6)8(2,3)4/h6-8H,4-5H2,1-3H3;5H,1-4H3. The number of oxazole rings is 1. The van der Waals surface area contributed by atoms with Crippen LogP contribution in [0.2, 0.25) is 0 Å². The lowest BCUT2D eigenvalue weighted by molar-refractivity contribution is 0.353. The molecule has 0 aliphatic heterocycles. The highest BCUT2D eigenvalue weighted by Crippen LogP contribution is 2.39. The molecule has 3 rings (SSSR count). The molecule has 2 heterocycles. The summed E-state index contributed by atoms with van der Waals surface area (Å²) in [4.78, 5) is 4.22. The van der Waals surface area contributed by atoms with Crippen LogP contribution in [0.4, 0.5) is 0 Å². The normalized spacial score (nSPS) is 15.4. The summed E-state index contributed by atoms with van der Waals surface area (Å²) < 4.78 is 7.27. The first-order valence-corrected chi connectivity index (χ1v) is 8.06. The minimum absolute atomic E-state index is 0.0360. The second kappa shape index (κ2) is 5.90. The van der Waals surface area contributed by atoms with E-state index in [2.05, 4.69) is 68.6 Å². The maximum atomic E-state index is 5.22. The summed E-state index contributed by atoms with van der Waals surface area (Å²) in [5, 5.41) is 4.56. The van der Waals surface area contributed by atoms with E-state index in [1.165, 1.54) is 18.5 Å². The van der Waals surface area contributed by atoms with Gasteiger partial charge in [-0.25, -0.2) is 4.98 Å². The molecule has 1 aliphatic carbocycles. The highest BCUT2D eigenvalue weighted by molar-refractivity contribution is 5.13. The Balaban J connectivity index is 0.000000164. The van der Waals surface area contributed by atoms with E-state index in [0.29, 0.717) is 0 Å². The fourth-order valence-electron chi connectivity index (χ4n) is 2.01. The molecule has 0 saturated heterocycles. The number of aromatic nitrogens is 3. The average Bonchev–Trinajstić information content (AvgIpc) is 2.91. The average molecular weight is 303 g/mol. The van der Waals surface area contributed by atoms with E-state index in [-0.39, 0.29) is 11.0 Å². The Bertz CT molecular complexity index is 607. The molecular weight excluding hydrogens is 274 g/mol. The molecule has 0 radical (unpaired) electrons. The summed E-state index contributed by atoms with van der Waals surface area (Å²) in [5.41, 5.74) is 2.40. The summed E-state index contributed by atoms with van der Waals surface area (Å²) in [6.45, 7) is 14.7. The van der Waals surface area contributed by atoms with Gasteiger partial charge in [0, 0.05) is 17.5 Å². The van der Waals surface area contributed by atoms with Gasteiger partial charge in [-0.1, -0.05) is 20.8 Å². The van der Waals surface area contributed by atoms with E-state index in [0.717, 1.165) is 17.5 Å². The summed E-state index contributed by atoms with van der Waals surface area (Å²) in [6, 6.07) is 2.16. The molecular formula is C18H29N3O. The van der Waals surface area contributed by atoms with Crippen molar-refractivity contribution in [2.45, 2.75) is 78.2 Å². The third-order valence-corrected chi connectivity index (χ3v) is 3.55. The molecule has 22 heavy (non-hydrogen) atoms. The highest BCUT2D eigenvalue weighted by Gasteiger charge is 2.27. The molecule has 0 aromatic carbocycles. The van der Waals surface area contributed by atoms with E-state index in [1.807, 2.05) is 6.92 Å². The zero-order chi connectivity index (χ0) is 16.5. The van der Waals surface area contributed by atoms with Crippen LogP contribution in [0.5, 0.6) is 0 Å². The van der Waals surface area contributed by atoms with Crippen LogP contribution in [0.25, 0.3) is 0 Å². The van der Waals surface area contributed by atoms with Crippen LogP contribution in [-0.2, 0) is 11.0 Å². The number of rotatable bonds is 1. The molecule has 1 saturated carbocycles. The predicted molar refractivity (Wildman–Crippen MR) is 89.1 cm³/mol. The number of aryl methyl sites for hydroxylation is 1. The minimum atomic E-state index is 0.0360. The topological polar surface area (TPSA) is 43.9 Å². The Morgan fingerprint density at radius 1 is 1.14 bits per heavy atom. The lowest BCUT2D eigenvalue weighted by Gasteiger charge is -2.18. The molecule has 2 aromatic rings. The number of hydrogen-bond donors (Lipinski definition) is 0. The lowest BCUT2D eigenvalue weighted by Crippen LogP contribution is -2.22. The van der Waals surface area contributed by atoms with E-state index in [9.17, 15) is 0 Å². The molecule has 1 fully saturated rings. The Morgan fingerprint density at radius 2 is 1.77 bits per heavy atom. The van der Waals surface area contributed by atoms with Crippen molar-refractivity contribution < 1.29 is 4.42 Å². The second-order valence-corrected chi connectivity index (χ2v) is 8.17. The van der Waals surface area contributed by atoms with Crippen molar-refractivity contribution in [2.75, 3.05) is 0 Å². The Hall–Kier alpha value is -1.58. The molecule has 4 nitrogen and oxygen atoms in total. The van der Waals surface area contributed by atoms with Crippen LogP contribution in [0.1, 0.15) is 77.6 Å². The van der Waals surface area contributed by atoms with Crippen LogP contribution >= 0.6 is 0 Å². The maximum absolute atomic E-state index is 5.22. The third kappa shape index (κ3) is 4.46. The number of hydrogen-bond acceptors (Lipinski definition) is 3. The van der Waals surface area contributed by atoms with Crippen LogP contribution in [0.15, 0.2) is 22.9 Å². The number of nitrogens with zero attached hydrogens (tertiary/aromatic N) is 3. The quantitative estimate of drug-likeness (QED) is 0.760. The van der Waals surface area contributed by atoms with E-state index < -0.39 is 0 Å². The van der Waals surface area contributed by atoms with Crippen molar-refractivity contribution >= 4 is 0 Å². The third-order valence-electron chi connectivity index (χ3n) is 3.55. The summed E-state index contributed by atoms with van der Waals surface area (Å²) >= 11 is 0. The van der Waals surface area contributed by atoms with Gasteiger partial charge in [-0.3, -0.25) is 4.68 Å². The van der Waals surface area contributed by atoms with Gasteiger partial charge in [-0.15, -0.1) is 0 Å². The van der Waals surface area contributed by atoms with Crippen LogP contribution in [0, 0.1) is 6.92 Å². The minimum Gasteiger partial charge on any atom is -0.448 e. The Kier molecular flexibility index (Phi) is 4.50. The predicted octanol–water partition coefficient (Wildman–Crippen LogP) is 4.80. The Labute approximate surface area is 133 Å². The zero-order valence-electron chi connectivity index (χ0n) is 15.0. The Morgan fingerprint density at radius 3 is 2.09 bits per heavy atom. The van der Waals surface area contributed by atoms with Gasteiger partial charge in [0.2, 0.25) is 0 Å². The monoisotopic (exact) mass is 303 g/mol. The molecule has 0 atom stereocenters. The molecule has 1 aliphatic rings. The fourth-order valence-corrected chi connectivity index (χ4v) is 2.01. The van der Waals surface area contributed by atoms with Crippen LogP contribution in [-0.4, -0.2) is 14.8 Å². The maximum Gasteiger partial charge on any atom is 0.199 e. The van der Waals surface area contributed by atoms with Crippen LogP contribution in [0.3, 0.4) is 0 Å². The largest absolute Gasteiger partial charge is 0.448 e. The molecule has 0 bridgehead atoms. The highest BCUT2D eigenvalue weighted by atomic mass is 16.3. The zero-order valence-corrected chi connectivity index (χ0v) is 15.0. The van der Waals surface area contributed by atoms with Gasteiger partial charge >= 0.3 is 0 Å². The molecule has 2 aromatic heterocycles. The van der Waals surface area contributed by atoms with E-state index in [4.69, 9.17) is 4.42 Å². The van der Waals surface area contributed by atoms with Crippen molar-refractivity contribution in [3.05, 3.63) is 35.8 Å². The van der Waals surface area contributed by atoms with Gasteiger partial charge in [-0.05, 0) is 46.6 Å². The van der Waals surface area contributed by atoms with Gasteiger partial charge < -0.3 is 4.42 Å². The van der Waals surface area contributed by atoms with Gasteiger partial charge in [0.1, 0.15) is 6.26 Å². The van der Waals surface area contributed by atoms with Gasteiger partial charge in [-0.2, -0.15) is 5.10 Å². The lowest BCUT2D eigenvalue weighted by atomic mass is 9.97. The van der Waals surface area contributed by atoms with Gasteiger partial charge in [0.25, 0.3) is 0 Å². The second-order valence-electron chi connectivity index (χ2n) is 8.17. The van der Waals surface area contributed by atoms with Crippen molar-refractivity contribution in [3.8, 4) is 0 Å². The SMILES string of the molecule is CC(C)(C)n1ccc(C2CC2)n1.Cc1coc(C(C)(C)C)n1. The molecule has 4 heteroatoms. The molecule has 0 amide bonds. The van der Waals surface area contributed by atoms with E-state index >= 15 is 0 Å². The van der Waals surface area contributed by atoms with Crippen molar-refractivity contribution in [2.24, 2.45) is 0 Å². The molecule has 0 N–H and O–H groups in total. The molecule has 122 valence electrons. The van der Waals surface area contributed by atoms with Crippen molar-refractivity contribution in [1.29, 1.82) is 0 Å². The first kappa shape index (κ1) is 16.8. The van der Waals surface area contributed by atoms with Crippen molar-refractivity contribution in [1.82, 2.24) is 14.8 Å². The van der Waals surface area contributed by atoms with Gasteiger partial charge in [0.15, 0.2) is 5.89 Å². The first-order chi connectivity index (χ1) is 10.1. The summed E-state index contributed by atoms with van der Waals surface area (Å²) in [5.74, 6) is 1.58.